The quantitative estimate of drug-likeness (QED) is 0.324. The van der Waals surface area contributed by atoms with Gasteiger partial charge >= 0.3 is 6.03 Å². The van der Waals surface area contributed by atoms with Gasteiger partial charge in [-0.25, -0.2) is 28.2 Å². The number of carbonyl (C=O) groups is 2. The van der Waals surface area contributed by atoms with Crippen LogP contribution in [0.2, 0.25) is 0 Å². The van der Waals surface area contributed by atoms with E-state index in [1.54, 1.807) is 10.9 Å². The smallest absolute Gasteiger partial charge is 0.324 e. The summed E-state index contributed by atoms with van der Waals surface area (Å²) in [6.07, 6.45) is 4.53. The molecule has 210 valence electrons. The number of rotatable bonds is 11. The normalized spacial score (nSPS) is 17.4. The maximum atomic E-state index is 13.0. The summed E-state index contributed by atoms with van der Waals surface area (Å²) in [5, 5.41) is 8.12. The van der Waals surface area contributed by atoms with Crippen LogP contribution in [0, 0.1) is 0 Å². The summed E-state index contributed by atoms with van der Waals surface area (Å²) in [7, 11) is -3.61. The van der Waals surface area contributed by atoms with E-state index >= 15 is 0 Å². The van der Waals surface area contributed by atoms with E-state index < -0.39 is 28.4 Å². The fourth-order valence-corrected chi connectivity index (χ4v) is 6.06. The third kappa shape index (κ3) is 6.34. The van der Waals surface area contributed by atoms with Gasteiger partial charge in [-0.2, -0.15) is 4.31 Å². The van der Waals surface area contributed by atoms with Crippen LogP contribution in [-0.2, 0) is 19.6 Å². The minimum atomic E-state index is -3.61. The Bertz CT molecular complexity index is 1400. The standard InChI is InChI=1S/C25H34N8O5S/c1-4-13-32(14-5-2)39(36,37)18-9-7-17(8-10-18)30-25(35)31-22-21-23(28-15-27-22)33(16-29-21)20-12-11-19(38-20)24(34)26-6-3/h7-10,15-16,19-20H,4-6,11-14H2,1-3H3,(H,26,34)(H2,27,28,30,31,35)/t19-,20+/m0/s1. The number of anilines is 2. The number of likely N-dealkylation sites (N-methyl/N-ethyl adjacent to an activating group) is 1. The van der Waals surface area contributed by atoms with Crippen molar-refractivity contribution in [3.05, 3.63) is 36.9 Å². The summed E-state index contributed by atoms with van der Waals surface area (Å²) in [4.78, 5) is 37.8. The summed E-state index contributed by atoms with van der Waals surface area (Å²) in [5.41, 5.74) is 1.24. The molecule has 3 N–H and O–H groups in total. The molecule has 39 heavy (non-hydrogen) atoms. The third-order valence-electron chi connectivity index (χ3n) is 6.24. The molecule has 4 rings (SSSR count). The summed E-state index contributed by atoms with van der Waals surface area (Å²) >= 11 is 0. The fourth-order valence-electron chi connectivity index (χ4n) is 4.44. The fraction of sp³-hybridized carbons (Fsp3) is 0.480. The minimum absolute atomic E-state index is 0.150. The Morgan fingerprint density at radius 1 is 1.03 bits per heavy atom. The van der Waals surface area contributed by atoms with E-state index in [1.807, 2.05) is 20.8 Å². The maximum Gasteiger partial charge on any atom is 0.324 e. The first-order chi connectivity index (χ1) is 18.8. The van der Waals surface area contributed by atoms with Gasteiger partial charge in [0, 0.05) is 25.3 Å². The first kappa shape index (κ1) is 28.4. The lowest BCUT2D eigenvalue weighted by molar-refractivity contribution is -0.133. The Kier molecular flexibility index (Phi) is 9.09. The van der Waals surface area contributed by atoms with E-state index in [1.165, 1.54) is 34.9 Å². The number of ether oxygens (including phenoxy) is 1. The van der Waals surface area contributed by atoms with E-state index in [0.29, 0.717) is 49.3 Å². The minimum Gasteiger partial charge on any atom is -0.354 e. The van der Waals surface area contributed by atoms with Gasteiger partial charge < -0.3 is 15.4 Å². The molecule has 0 bridgehead atoms. The lowest BCUT2D eigenvalue weighted by Crippen LogP contribution is -2.34. The van der Waals surface area contributed by atoms with Crippen molar-refractivity contribution in [2.45, 2.75) is 63.7 Å². The molecular weight excluding hydrogens is 524 g/mol. The topological polar surface area (TPSA) is 160 Å². The van der Waals surface area contributed by atoms with Crippen molar-refractivity contribution in [1.82, 2.24) is 29.1 Å². The van der Waals surface area contributed by atoms with Gasteiger partial charge in [0.1, 0.15) is 18.7 Å². The van der Waals surface area contributed by atoms with Crippen LogP contribution in [0.1, 0.15) is 52.7 Å². The van der Waals surface area contributed by atoms with Gasteiger partial charge in [-0.15, -0.1) is 0 Å². The molecule has 1 aromatic carbocycles. The molecule has 3 amide bonds. The van der Waals surface area contributed by atoms with Crippen molar-refractivity contribution in [1.29, 1.82) is 0 Å². The van der Waals surface area contributed by atoms with Crippen LogP contribution in [0.4, 0.5) is 16.3 Å². The molecule has 0 spiro atoms. The van der Waals surface area contributed by atoms with Crippen LogP contribution in [0.3, 0.4) is 0 Å². The molecule has 0 aliphatic carbocycles. The molecule has 2 aromatic heterocycles. The first-order valence-corrected chi connectivity index (χ1v) is 14.5. The molecule has 3 aromatic rings. The zero-order valence-corrected chi connectivity index (χ0v) is 23.1. The van der Waals surface area contributed by atoms with Crippen LogP contribution < -0.4 is 16.0 Å². The van der Waals surface area contributed by atoms with Crippen molar-refractivity contribution in [3.63, 3.8) is 0 Å². The first-order valence-electron chi connectivity index (χ1n) is 13.1. The average molecular weight is 559 g/mol. The second kappa shape index (κ2) is 12.5. The number of imidazole rings is 1. The molecule has 0 saturated carbocycles. The Hall–Kier alpha value is -3.62. The lowest BCUT2D eigenvalue weighted by atomic mass is 10.2. The van der Waals surface area contributed by atoms with Gasteiger partial charge in [-0.1, -0.05) is 13.8 Å². The highest BCUT2D eigenvalue weighted by atomic mass is 32.2. The van der Waals surface area contributed by atoms with Crippen LogP contribution in [0.5, 0.6) is 0 Å². The maximum absolute atomic E-state index is 13.0. The lowest BCUT2D eigenvalue weighted by Gasteiger charge is -2.21. The highest BCUT2D eigenvalue weighted by molar-refractivity contribution is 7.89. The molecule has 0 unspecified atom stereocenters. The van der Waals surface area contributed by atoms with Crippen molar-refractivity contribution >= 4 is 44.6 Å². The molecular formula is C25H34N8O5S. The van der Waals surface area contributed by atoms with Crippen molar-refractivity contribution in [2.24, 2.45) is 0 Å². The van der Waals surface area contributed by atoms with Crippen LogP contribution >= 0.6 is 0 Å². The van der Waals surface area contributed by atoms with Gasteiger partial charge in [0.25, 0.3) is 0 Å². The molecule has 1 saturated heterocycles. The molecule has 3 heterocycles. The van der Waals surface area contributed by atoms with Crippen molar-refractivity contribution in [2.75, 3.05) is 30.3 Å². The van der Waals surface area contributed by atoms with E-state index in [4.69, 9.17) is 4.74 Å². The number of hydrogen-bond donors (Lipinski definition) is 3. The Morgan fingerprint density at radius 2 is 1.74 bits per heavy atom. The van der Waals surface area contributed by atoms with Crippen molar-refractivity contribution < 1.29 is 22.7 Å². The average Bonchev–Trinajstić information content (AvgIpc) is 3.57. The molecule has 1 aliphatic heterocycles. The van der Waals surface area contributed by atoms with Gasteiger partial charge in [0.05, 0.1) is 11.2 Å². The molecule has 14 heteroatoms. The van der Waals surface area contributed by atoms with E-state index in [2.05, 4.69) is 30.9 Å². The number of amides is 3. The number of nitrogens with zero attached hydrogens (tertiary/aromatic N) is 5. The summed E-state index contributed by atoms with van der Waals surface area (Å²) in [6.45, 7) is 7.15. The summed E-state index contributed by atoms with van der Waals surface area (Å²) < 4.78 is 35.0. The van der Waals surface area contributed by atoms with Crippen molar-refractivity contribution in [3.8, 4) is 0 Å². The predicted molar refractivity (Wildman–Crippen MR) is 146 cm³/mol. The van der Waals surface area contributed by atoms with Gasteiger partial charge in [-0.3, -0.25) is 14.7 Å². The molecule has 13 nitrogen and oxygen atoms in total. The number of hydrogen-bond acceptors (Lipinski definition) is 8. The number of sulfonamides is 1. The number of benzene rings is 1. The molecule has 2 atom stereocenters. The van der Waals surface area contributed by atoms with Crippen LogP contribution in [0.15, 0.2) is 41.8 Å². The zero-order valence-electron chi connectivity index (χ0n) is 22.3. The Labute approximate surface area is 227 Å². The number of aromatic nitrogens is 4. The highest BCUT2D eigenvalue weighted by Gasteiger charge is 2.32. The number of carbonyl (C=O) groups excluding carboxylic acids is 2. The molecule has 0 radical (unpaired) electrons. The SMILES string of the molecule is CCCN(CCC)S(=O)(=O)c1ccc(NC(=O)Nc2ncnc3c2ncn3[C@H]2CC[C@@H](C(=O)NCC)O2)cc1. The predicted octanol–water partition coefficient (Wildman–Crippen LogP) is 3.09. The van der Waals surface area contributed by atoms with Gasteiger partial charge in [0.15, 0.2) is 17.0 Å². The Balaban J connectivity index is 1.43. The number of urea groups is 1. The Morgan fingerprint density at radius 3 is 2.41 bits per heavy atom. The molecule has 1 fully saturated rings. The highest BCUT2D eigenvalue weighted by Crippen LogP contribution is 2.31. The summed E-state index contributed by atoms with van der Waals surface area (Å²) in [6, 6.07) is 5.45. The second-order valence-electron chi connectivity index (χ2n) is 9.11. The van der Waals surface area contributed by atoms with E-state index in [0.717, 1.165) is 12.8 Å². The summed E-state index contributed by atoms with van der Waals surface area (Å²) in [5.74, 6) is 0.0476. The van der Waals surface area contributed by atoms with Crippen LogP contribution in [0.25, 0.3) is 11.2 Å². The zero-order chi connectivity index (χ0) is 28.0. The number of nitrogens with one attached hydrogen (secondary N) is 3. The monoisotopic (exact) mass is 558 g/mol. The third-order valence-corrected chi connectivity index (χ3v) is 8.15. The molecule has 1 aliphatic rings. The van der Waals surface area contributed by atoms with E-state index in [9.17, 15) is 18.0 Å². The second-order valence-corrected chi connectivity index (χ2v) is 11.0. The van der Waals surface area contributed by atoms with Gasteiger partial charge in [0.2, 0.25) is 15.9 Å². The van der Waals surface area contributed by atoms with Gasteiger partial charge in [-0.05, 0) is 56.9 Å². The van der Waals surface area contributed by atoms with Crippen LogP contribution in [-0.4, -0.2) is 69.9 Å². The van der Waals surface area contributed by atoms with E-state index in [-0.39, 0.29) is 16.6 Å². The largest absolute Gasteiger partial charge is 0.354 e. The number of fused-ring (bicyclic) bond motifs is 1.